The summed E-state index contributed by atoms with van der Waals surface area (Å²) >= 11 is 0. The molecule has 2 aromatic rings. The Labute approximate surface area is 146 Å². The van der Waals surface area contributed by atoms with Gasteiger partial charge in [0.1, 0.15) is 11.5 Å². The van der Waals surface area contributed by atoms with Crippen LogP contribution >= 0.6 is 0 Å². The fourth-order valence-corrected chi connectivity index (χ4v) is 3.27. The molecule has 7 nitrogen and oxygen atoms in total. The highest BCUT2D eigenvalue weighted by atomic mass is 32.2. The number of non-ortho nitro benzene ring substituents is 1. The average Bonchev–Trinajstić information content (AvgIpc) is 2.53. The van der Waals surface area contributed by atoms with Gasteiger partial charge in [0.15, 0.2) is 4.90 Å². The maximum atomic E-state index is 12.5. The van der Waals surface area contributed by atoms with Crippen molar-refractivity contribution in [1.82, 2.24) is 0 Å². The van der Waals surface area contributed by atoms with Gasteiger partial charge >= 0.3 is 10.1 Å². The van der Waals surface area contributed by atoms with Gasteiger partial charge in [0.25, 0.3) is 5.69 Å². The molecule has 25 heavy (non-hydrogen) atoms. The number of hydrogen-bond donors (Lipinski definition) is 0. The lowest BCUT2D eigenvalue weighted by Gasteiger charge is -2.19. The Morgan fingerprint density at radius 2 is 1.64 bits per heavy atom. The molecule has 0 saturated heterocycles. The molecule has 8 heteroatoms. The van der Waals surface area contributed by atoms with Gasteiger partial charge in [-0.25, -0.2) is 0 Å². The summed E-state index contributed by atoms with van der Waals surface area (Å²) in [6, 6.07) is 9.93. The molecule has 134 valence electrons. The van der Waals surface area contributed by atoms with Crippen molar-refractivity contribution in [2.45, 2.75) is 31.1 Å². The molecular formula is C17H19NO6S. The molecule has 2 aromatic carbocycles. The predicted octanol–water partition coefficient (Wildman–Crippen LogP) is 3.67. The van der Waals surface area contributed by atoms with Crippen LogP contribution in [0, 0.1) is 10.1 Å². The second-order valence-corrected chi connectivity index (χ2v) is 7.92. The standard InChI is InChI=1S/C17H19NO6S/c1-17(2,3)12-5-8-14(9-6-12)24-25(21,22)16-11-13(18(19)20)7-10-15(16)23-4/h5-11H,1-4H3. The van der Waals surface area contributed by atoms with Gasteiger partial charge in [0.2, 0.25) is 0 Å². The Kier molecular flexibility index (Phi) is 5.03. The van der Waals surface area contributed by atoms with E-state index < -0.39 is 19.9 Å². The third-order valence-corrected chi connectivity index (χ3v) is 4.82. The first-order valence-electron chi connectivity index (χ1n) is 7.42. The largest absolute Gasteiger partial charge is 0.495 e. The van der Waals surface area contributed by atoms with E-state index in [1.807, 2.05) is 20.8 Å². The first-order chi connectivity index (χ1) is 11.5. The van der Waals surface area contributed by atoms with Crippen LogP contribution in [0.5, 0.6) is 11.5 Å². The third kappa shape index (κ3) is 4.27. The van der Waals surface area contributed by atoms with E-state index in [9.17, 15) is 18.5 Å². The lowest BCUT2D eigenvalue weighted by Crippen LogP contribution is -2.13. The summed E-state index contributed by atoms with van der Waals surface area (Å²) in [6.07, 6.45) is 0. The molecule has 0 spiro atoms. The van der Waals surface area contributed by atoms with Crippen LogP contribution in [0.1, 0.15) is 26.3 Å². The van der Waals surface area contributed by atoms with Crippen LogP contribution in [-0.4, -0.2) is 20.5 Å². The lowest BCUT2D eigenvalue weighted by atomic mass is 9.87. The average molecular weight is 365 g/mol. The Hall–Kier alpha value is -2.61. The van der Waals surface area contributed by atoms with Crippen LogP contribution in [0.15, 0.2) is 47.4 Å². The second kappa shape index (κ2) is 6.72. The topological polar surface area (TPSA) is 95.7 Å². The minimum atomic E-state index is -4.29. The van der Waals surface area contributed by atoms with Gasteiger partial charge in [0, 0.05) is 12.1 Å². The number of nitrogens with zero attached hydrogens (tertiary/aromatic N) is 1. The van der Waals surface area contributed by atoms with Gasteiger partial charge < -0.3 is 8.92 Å². The quantitative estimate of drug-likeness (QED) is 0.456. The molecule has 0 aromatic heterocycles. The van der Waals surface area contributed by atoms with Crippen LogP contribution in [0.3, 0.4) is 0 Å². The zero-order chi connectivity index (χ0) is 18.8. The molecule has 0 heterocycles. The monoisotopic (exact) mass is 365 g/mol. The van der Waals surface area contributed by atoms with Crippen molar-refractivity contribution < 1.29 is 22.3 Å². The maximum Gasteiger partial charge on any atom is 0.343 e. The van der Waals surface area contributed by atoms with Crippen LogP contribution in [0.25, 0.3) is 0 Å². The van der Waals surface area contributed by atoms with Crippen LogP contribution < -0.4 is 8.92 Å². The predicted molar refractivity (Wildman–Crippen MR) is 92.6 cm³/mol. The summed E-state index contributed by atoms with van der Waals surface area (Å²) in [5.41, 5.74) is 0.567. The molecule has 0 fully saturated rings. The minimum Gasteiger partial charge on any atom is -0.495 e. The van der Waals surface area contributed by atoms with E-state index in [2.05, 4.69) is 0 Å². The molecule has 0 bridgehead atoms. The van der Waals surface area contributed by atoms with Gasteiger partial charge in [0.05, 0.1) is 12.0 Å². The van der Waals surface area contributed by atoms with E-state index in [0.29, 0.717) is 0 Å². The molecule has 0 amide bonds. The molecule has 0 unspecified atom stereocenters. The highest BCUT2D eigenvalue weighted by molar-refractivity contribution is 7.87. The summed E-state index contributed by atoms with van der Waals surface area (Å²) in [7, 11) is -3.01. The first kappa shape index (κ1) is 18.7. The minimum absolute atomic E-state index is 0.0306. The Balaban J connectivity index is 2.39. The fourth-order valence-electron chi connectivity index (χ4n) is 2.16. The molecular weight excluding hydrogens is 346 g/mol. The van der Waals surface area contributed by atoms with Crippen LogP contribution in [0.2, 0.25) is 0 Å². The Bertz CT molecular complexity index is 882. The van der Waals surface area contributed by atoms with Crippen molar-refractivity contribution in [1.29, 1.82) is 0 Å². The first-order valence-corrected chi connectivity index (χ1v) is 8.83. The SMILES string of the molecule is COc1ccc([N+](=O)[O-])cc1S(=O)(=O)Oc1ccc(C(C)(C)C)cc1. The van der Waals surface area contributed by atoms with Crippen LogP contribution in [0.4, 0.5) is 5.69 Å². The van der Waals surface area contributed by atoms with E-state index in [4.69, 9.17) is 8.92 Å². The fraction of sp³-hybridized carbons (Fsp3) is 0.294. The van der Waals surface area contributed by atoms with Crippen molar-refractivity contribution in [3.05, 3.63) is 58.1 Å². The second-order valence-electron chi connectivity index (χ2n) is 6.40. The van der Waals surface area contributed by atoms with Gasteiger partial charge in [-0.1, -0.05) is 32.9 Å². The molecule has 0 radical (unpaired) electrons. The molecule has 2 rings (SSSR count). The Morgan fingerprint density at radius 3 is 2.12 bits per heavy atom. The van der Waals surface area contributed by atoms with E-state index in [1.54, 1.807) is 24.3 Å². The van der Waals surface area contributed by atoms with Crippen molar-refractivity contribution in [2.75, 3.05) is 7.11 Å². The molecule has 0 aliphatic rings. The van der Waals surface area contributed by atoms with E-state index in [1.165, 1.54) is 13.2 Å². The van der Waals surface area contributed by atoms with Gasteiger partial charge in [-0.05, 0) is 29.2 Å². The van der Waals surface area contributed by atoms with E-state index in [-0.39, 0.29) is 22.6 Å². The maximum absolute atomic E-state index is 12.5. The molecule has 0 N–H and O–H groups in total. The van der Waals surface area contributed by atoms with Gasteiger partial charge in [-0.15, -0.1) is 0 Å². The number of hydrogen-bond acceptors (Lipinski definition) is 6. The number of nitro groups is 1. The summed E-state index contributed by atoms with van der Waals surface area (Å²) < 4.78 is 35.1. The summed E-state index contributed by atoms with van der Waals surface area (Å²) in [6.45, 7) is 6.11. The van der Waals surface area contributed by atoms with E-state index in [0.717, 1.165) is 17.7 Å². The highest BCUT2D eigenvalue weighted by Crippen LogP contribution is 2.31. The summed E-state index contributed by atoms with van der Waals surface area (Å²) in [5.74, 6) is 0.0819. The number of benzene rings is 2. The number of methoxy groups -OCH3 is 1. The Morgan fingerprint density at radius 1 is 1.04 bits per heavy atom. The van der Waals surface area contributed by atoms with Gasteiger partial charge in [-0.2, -0.15) is 8.42 Å². The van der Waals surface area contributed by atoms with Crippen molar-refractivity contribution in [2.24, 2.45) is 0 Å². The van der Waals surface area contributed by atoms with Crippen LogP contribution in [-0.2, 0) is 15.5 Å². The smallest absolute Gasteiger partial charge is 0.343 e. The number of rotatable bonds is 5. The number of ether oxygens (including phenoxy) is 1. The molecule has 0 saturated carbocycles. The van der Waals surface area contributed by atoms with Crippen molar-refractivity contribution in [3.63, 3.8) is 0 Å². The normalized spacial score (nSPS) is 11.8. The molecule has 0 aliphatic carbocycles. The summed E-state index contributed by atoms with van der Waals surface area (Å²) in [4.78, 5) is 9.82. The molecule has 0 atom stereocenters. The van der Waals surface area contributed by atoms with E-state index >= 15 is 0 Å². The highest BCUT2D eigenvalue weighted by Gasteiger charge is 2.25. The summed E-state index contributed by atoms with van der Waals surface area (Å²) in [5, 5.41) is 10.9. The number of nitro benzene ring substituents is 1. The lowest BCUT2D eigenvalue weighted by molar-refractivity contribution is -0.385. The third-order valence-electron chi connectivity index (χ3n) is 3.55. The zero-order valence-electron chi connectivity index (χ0n) is 14.3. The van der Waals surface area contributed by atoms with Crippen molar-refractivity contribution >= 4 is 15.8 Å². The zero-order valence-corrected chi connectivity index (χ0v) is 15.2. The molecule has 0 aliphatic heterocycles. The van der Waals surface area contributed by atoms with Gasteiger partial charge in [-0.3, -0.25) is 10.1 Å². The van der Waals surface area contributed by atoms with Crippen molar-refractivity contribution in [3.8, 4) is 11.5 Å².